The van der Waals surface area contributed by atoms with Crippen LogP contribution < -0.4 is 4.74 Å². The van der Waals surface area contributed by atoms with Gasteiger partial charge >= 0.3 is 0 Å². The van der Waals surface area contributed by atoms with Crippen LogP contribution >= 0.6 is 11.6 Å². The third-order valence-electron chi connectivity index (χ3n) is 4.38. The Balaban J connectivity index is 1.84. The van der Waals surface area contributed by atoms with Gasteiger partial charge in [-0.25, -0.2) is 0 Å². The van der Waals surface area contributed by atoms with Crippen LogP contribution in [-0.2, 0) is 13.0 Å². The molecule has 0 aromatic heterocycles. The summed E-state index contributed by atoms with van der Waals surface area (Å²) < 4.78 is 5.74. The minimum absolute atomic E-state index is 0.227. The molecule has 0 radical (unpaired) electrons. The number of aliphatic hydroxyl groups excluding tert-OH is 1. The molecule has 1 aromatic carbocycles. The number of nitrogens with zero attached hydrogens (tertiary/aromatic N) is 1. The predicted molar refractivity (Wildman–Crippen MR) is 75.7 cm³/mol. The summed E-state index contributed by atoms with van der Waals surface area (Å²) in [5.41, 5.74) is 2.38. The van der Waals surface area contributed by atoms with Crippen molar-refractivity contribution in [2.75, 3.05) is 19.8 Å². The lowest BCUT2D eigenvalue weighted by molar-refractivity contribution is 0.133. The van der Waals surface area contributed by atoms with Crippen LogP contribution in [0.3, 0.4) is 0 Å². The number of aliphatic hydroxyl groups is 1. The van der Waals surface area contributed by atoms with E-state index in [2.05, 4.69) is 11.8 Å². The molecule has 0 aliphatic carbocycles. The van der Waals surface area contributed by atoms with Crippen LogP contribution in [0.15, 0.2) is 12.1 Å². The molecular weight excluding hydrogens is 262 g/mol. The zero-order valence-electron chi connectivity index (χ0n) is 11.2. The first-order chi connectivity index (χ1) is 9.19. The van der Waals surface area contributed by atoms with Crippen molar-refractivity contribution in [2.24, 2.45) is 5.92 Å². The molecule has 4 heteroatoms. The van der Waals surface area contributed by atoms with Gasteiger partial charge in [0.25, 0.3) is 0 Å². The minimum Gasteiger partial charge on any atom is -0.493 e. The Morgan fingerprint density at radius 1 is 1.47 bits per heavy atom. The van der Waals surface area contributed by atoms with Crippen LogP contribution in [0.2, 0.25) is 5.02 Å². The molecule has 3 rings (SSSR count). The molecule has 3 nitrogen and oxygen atoms in total. The molecule has 2 heterocycles. The number of halogens is 1. The fraction of sp³-hybridized carbons (Fsp3) is 0.600. The van der Waals surface area contributed by atoms with Gasteiger partial charge in [0.05, 0.1) is 13.2 Å². The predicted octanol–water partition coefficient (Wildman–Crippen LogP) is 2.48. The second kappa shape index (κ2) is 5.31. The van der Waals surface area contributed by atoms with Crippen LogP contribution in [-0.4, -0.2) is 35.8 Å². The maximum Gasteiger partial charge on any atom is 0.127 e. The van der Waals surface area contributed by atoms with Crippen LogP contribution in [0, 0.1) is 5.92 Å². The minimum atomic E-state index is 0.227. The number of fused-ring (bicyclic) bond motifs is 1. The van der Waals surface area contributed by atoms with Crippen molar-refractivity contribution in [3.8, 4) is 5.75 Å². The van der Waals surface area contributed by atoms with Crippen molar-refractivity contribution >= 4 is 11.6 Å². The highest BCUT2D eigenvalue weighted by Crippen LogP contribution is 2.35. The fourth-order valence-electron chi connectivity index (χ4n) is 3.26. The first-order valence-electron chi connectivity index (χ1n) is 6.98. The number of likely N-dealkylation sites (tertiary alicyclic amines) is 1. The summed E-state index contributed by atoms with van der Waals surface area (Å²) in [6, 6.07) is 4.27. The second-order valence-corrected chi connectivity index (χ2v) is 6.07. The SMILES string of the molecule is CC1CCN(Cc2cc(Cl)cc3c2OCC3)C1CO. The molecule has 19 heavy (non-hydrogen) atoms. The van der Waals surface area contributed by atoms with Crippen LogP contribution in [0.5, 0.6) is 5.75 Å². The Morgan fingerprint density at radius 3 is 3.11 bits per heavy atom. The second-order valence-electron chi connectivity index (χ2n) is 5.64. The Bertz CT molecular complexity index is 477. The number of benzene rings is 1. The van der Waals surface area contributed by atoms with Gasteiger partial charge in [0, 0.05) is 29.6 Å². The van der Waals surface area contributed by atoms with E-state index in [-0.39, 0.29) is 12.6 Å². The molecule has 2 aliphatic rings. The lowest BCUT2D eigenvalue weighted by Crippen LogP contribution is -2.34. The van der Waals surface area contributed by atoms with E-state index < -0.39 is 0 Å². The standard InChI is InChI=1S/C15H20ClNO2/c1-10-2-4-17(14(10)9-18)8-12-7-13(16)6-11-3-5-19-15(11)12/h6-7,10,14,18H,2-5,8-9H2,1H3. The zero-order valence-corrected chi connectivity index (χ0v) is 12.0. The molecule has 0 saturated carbocycles. The van der Waals surface area contributed by atoms with Gasteiger partial charge in [-0.3, -0.25) is 4.90 Å². The Hall–Kier alpha value is -0.770. The van der Waals surface area contributed by atoms with E-state index in [1.165, 1.54) is 5.56 Å². The van der Waals surface area contributed by atoms with Crippen molar-refractivity contribution in [1.29, 1.82) is 0 Å². The molecule has 2 aliphatic heterocycles. The van der Waals surface area contributed by atoms with E-state index >= 15 is 0 Å². The summed E-state index contributed by atoms with van der Waals surface area (Å²) in [7, 11) is 0. The Labute approximate surface area is 119 Å². The highest BCUT2D eigenvalue weighted by Gasteiger charge is 2.31. The van der Waals surface area contributed by atoms with Crippen molar-refractivity contribution < 1.29 is 9.84 Å². The van der Waals surface area contributed by atoms with Gasteiger partial charge in [-0.15, -0.1) is 0 Å². The van der Waals surface area contributed by atoms with Crippen molar-refractivity contribution in [3.63, 3.8) is 0 Å². The van der Waals surface area contributed by atoms with E-state index in [9.17, 15) is 5.11 Å². The summed E-state index contributed by atoms with van der Waals surface area (Å²) in [6.07, 6.45) is 2.09. The quantitative estimate of drug-likeness (QED) is 0.924. The summed E-state index contributed by atoms with van der Waals surface area (Å²) in [4.78, 5) is 2.35. The number of rotatable bonds is 3. The molecule has 0 spiro atoms. The van der Waals surface area contributed by atoms with Gasteiger partial charge in [-0.2, -0.15) is 0 Å². The van der Waals surface area contributed by atoms with E-state index in [4.69, 9.17) is 16.3 Å². The van der Waals surface area contributed by atoms with E-state index in [0.717, 1.165) is 48.9 Å². The Kier molecular flexibility index (Phi) is 3.70. The molecule has 1 saturated heterocycles. The van der Waals surface area contributed by atoms with E-state index in [1.54, 1.807) is 0 Å². The molecule has 2 unspecified atom stereocenters. The molecule has 1 N–H and O–H groups in total. The maximum absolute atomic E-state index is 9.53. The normalized spacial score (nSPS) is 26.5. The zero-order chi connectivity index (χ0) is 13.4. The number of hydrogen-bond donors (Lipinski definition) is 1. The fourth-order valence-corrected chi connectivity index (χ4v) is 3.52. The van der Waals surface area contributed by atoms with Gasteiger partial charge < -0.3 is 9.84 Å². The highest BCUT2D eigenvalue weighted by molar-refractivity contribution is 6.30. The molecule has 104 valence electrons. The molecule has 2 atom stereocenters. The molecule has 0 bridgehead atoms. The lowest BCUT2D eigenvalue weighted by atomic mass is 10.0. The van der Waals surface area contributed by atoms with E-state index in [1.807, 2.05) is 12.1 Å². The van der Waals surface area contributed by atoms with Crippen LogP contribution in [0.1, 0.15) is 24.5 Å². The molecule has 0 amide bonds. The van der Waals surface area contributed by atoms with Crippen LogP contribution in [0.25, 0.3) is 0 Å². The van der Waals surface area contributed by atoms with Crippen molar-refractivity contribution in [3.05, 3.63) is 28.3 Å². The highest BCUT2D eigenvalue weighted by atomic mass is 35.5. The van der Waals surface area contributed by atoms with Crippen molar-refractivity contribution in [1.82, 2.24) is 4.90 Å². The Morgan fingerprint density at radius 2 is 2.32 bits per heavy atom. The van der Waals surface area contributed by atoms with Gasteiger partial charge in [0.15, 0.2) is 0 Å². The summed E-state index contributed by atoms with van der Waals surface area (Å²) >= 11 is 6.19. The molecular formula is C15H20ClNO2. The van der Waals surface area contributed by atoms with Gasteiger partial charge in [0.1, 0.15) is 5.75 Å². The monoisotopic (exact) mass is 281 g/mol. The largest absolute Gasteiger partial charge is 0.493 e. The molecule has 1 aromatic rings. The first-order valence-corrected chi connectivity index (χ1v) is 7.36. The topological polar surface area (TPSA) is 32.7 Å². The first kappa shape index (κ1) is 13.2. The average molecular weight is 282 g/mol. The van der Waals surface area contributed by atoms with Crippen molar-refractivity contribution in [2.45, 2.75) is 32.4 Å². The van der Waals surface area contributed by atoms with E-state index in [0.29, 0.717) is 5.92 Å². The average Bonchev–Trinajstić information content (AvgIpc) is 2.96. The van der Waals surface area contributed by atoms with Gasteiger partial charge in [-0.1, -0.05) is 18.5 Å². The summed E-state index contributed by atoms with van der Waals surface area (Å²) in [5.74, 6) is 1.57. The summed E-state index contributed by atoms with van der Waals surface area (Å²) in [5, 5.41) is 10.3. The number of ether oxygens (including phenoxy) is 1. The maximum atomic E-state index is 9.53. The number of hydrogen-bond acceptors (Lipinski definition) is 3. The smallest absolute Gasteiger partial charge is 0.127 e. The third-order valence-corrected chi connectivity index (χ3v) is 4.60. The van der Waals surface area contributed by atoms with Crippen LogP contribution in [0.4, 0.5) is 0 Å². The van der Waals surface area contributed by atoms with Gasteiger partial charge in [0.2, 0.25) is 0 Å². The summed E-state index contributed by atoms with van der Waals surface area (Å²) in [6.45, 7) is 5.04. The lowest BCUT2D eigenvalue weighted by Gasteiger charge is -2.25. The molecule has 1 fully saturated rings. The van der Waals surface area contributed by atoms with Gasteiger partial charge in [-0.05, 0) is 36.6 Å². The third kappa shape index (κ3) is 2.47.